The zero-order valence-electron chi connectivity index (χ0n) is 10.5. The number of nitriles is 1. The lowest BCUT2D eigenvalue weighted by Gasteiger charge is -2.40. The predicted octanol–water partition coefficient (Wildman–Crippen LogP) is 3.19. The molecule has 1 heterocycles. The summed E-state index contributed by atoms with van der Waals surface area (Å²) in [6, 6.07) is 3.24. The van der Waals surface area contributed by atoms with Gasteiger partial charge in [0.1, 0.15) is 0 Å². The minimum Gasteiger partial charge on any atom is -0.299 e. The van der Waals surface area contributed by atoms with Crippen molar-refractivity contribution >= 4 is 0 Å². The summed E-state index contributed by atoms with van der Waals surface area (Å²) < 4.78 is 0. The van der Waals surface area contributed by atoms with E-state index in [9.17, 15) is 0 Å². The summed E-state index contributed by atoms with van der Waals surface area (Å²) in [5.74, 6) is 1.28. The number of likely N-dealkylation sites (tertiary alicyclic amines) is 1. The average molecular weight is 220 g/mol. The summed E-state index contributed by atoms with van der Waals surface area (Å²) in [5.41, 5.74) is 0. The molecule has 0 N–H and O–H groups in total. The minimum absolute atomic E-state index is 0.303. The van der Waals surface area contributed by atoms with Crippen LogP contribution in [0.5, 0.6) is 0 Å². The molecule has 0 amide bonds. The van der Waals surface area contributed by atoms with Gasteiger partial charge in [0, 0.05) is 12.6 Å². The Morgan fingerprint density at radius 3 is 2.56 bits per heavy atom. The summed E-state index contributed by atoms with van der Waals surface area (Å²) in [6.45, 7) is 4.59. The number of rotatable bonds is 2. The highest BCUT2D eigenvalue weighted by Crippen LogP contribution is 2.31. The van der Waals surface area contributed by atoms with E-state index >= 15 is 0 Å². The predicted molar refractivity (Wildman–Crippen MR) is 65.9 cm³/mol. The Morgan fingerprint density at radius 1 is 1.19 bits per heavy atom. The molecular formula is C14H24N2. The standard InChI is InChI=1S/C14H24N2/c1-2-12-5-7-14(8-6-12)16-9-3-4-13(10-15)11-16/h12-14H,2-9,11H2,1H3. The van der Waals surface area contributed by atoms with Crippen molar-refractivity contribution in [1.82, 2.24) is 4.90 Å². The van der Waals surface area contributed by atoms with Gasteiger partial charge in [-0.05, 0) is 51.0 Å². The highest BCUT2D eigenvalue weighted by molar-refractivity contribution is 4.91. The van der Waals surface area contributed by atoms with Crippen LogP contribution in [0.15, 0.2) is 0 Å². The molecule has 1 aliphatic carbocycles. The summed E-state index contributed by atoms with van der Waals surface area (Å²) in [6.07, 6.45) is 9.27. The van der Waals surface area contributed by atoms with Gasteiger partial charge in [-0.15, -0.1) is 0 Å². The molecule has 0 radical (unpaired) electrons. The van der Waals surface area contributed by atoms with Crippen LogP contribution in [0.2, 0.25) is 0 Å². The van der Waals surface area contributed by atoms with Crippen LogP contribution in [0.1, 0.15) is 51.9 Å². The number of piperidine rings is 1. The van der Waals surface area contributed by atoms with Crippen molar-refractivity contribution in [3.8, 4) is 6.07 Å². The summed E-state index contributed by atoms with van der Waals surface area (Å²) in [4.78, 5) is 2.60. The zero-order chi connectivity index (χ0) is 11.4. The molecule has 16 heavy (non-hydrogen) atoms. The molecule has 1 atom stereocenters. The van der Waals surface area contributed by atoms with E-state index in [1.807, 2.05) is 0 Å². The molecule has 2 aliphatic rings. The third-order valence-corrected chi connectivity index (χ3v) is 4.55. The van der Waals surface area contributed by atoms with Gasteiger partial charge in [0.2, 0.25) is 0 Å². The first-order valence-corrected chi connectivity index (χ1v) is 6.97. The van der Waals surface area contributed by atoms with Crippen LogP contribution in [-0.2, 0) is 0 Å². The van der Waals surface area contributed by atoms with Gasteiger partial charge in [-0.25, -0.2) is 0 Å². The number of hydrogen-bond donors (Lipinski definition) is 0. The molecule has 1 saturated carbocycles. The van der Waals surface area contributed by atoms with E-state index in [4.69, 9.17) is 5.26 Å². The normalized spacial score (nSPS) is 36.9. The quantitative estimate of drug-likeness (QED) is 0.714. The number of nitrogens with zero attached hydrogens (tertiary/aromatic N) is 2. The molecular weight excluding hydrogens is 196 g/mol. The van der Waals surface area contributed by atoms with Gasteiger partial charge in [-0.2, -0.15) is 5.26 Å². The van der Waals surface area contributed by atoms with Crippen molar-refractivity contribution in [2.24, 2.45) is 11.8 Å². The highest BCUT2D eigenvalue weighted by atomic mass is 15.2. The molecule has 1 unspecified atom stereocenters. The van der Waals surface area contributed by atoms with Crippen molar-refractivity contribution in [2.45, 2.75) is 57.9 Å². The minimum atomic E-state index is 0.303. The molecule has 2 heteroatoms. The van der Waals surface area contributed by atoms with E-state index < -0.39 is 0 Å². The van der Waals surface area contributed by atoms with Gasteiger partial charge in [-0.1, -0.05) is 13.3 Å². The lowest BCUT2D eigenvalue weighted by Crippen LogP contribution is -2.44. The van der Waals surface area contributed by atoms with Crippen LogP contribution in [0.3, 0.4) is 0 Å². The Kier molecular flexibility index (Phi) is 4.23. The van der Waals surface area contributed by atoms with Crippen molar-refractivity contribution in [3.05, 3.63) is 0 Å². The van der Waals surface area contributed by atoms with Crippen LogP contribution >= 0.6 is 0 Å². The third-order valence-electron chi connectivity index (χ3n) is 4.55. The molecule has 1 saturated heterocycles. The van der Waals surface area contributed by atoms with Crippen molar-refractivity contribution < 1.29 is 0 Å². The second kappa shape index (κ2) is 5.68. The Morgan fingerprint density at radius 2 is 1.94 bits per heavy atom. The molecule has 0 bridgehead atoms. The SMILES string of the molecule is CCC1CCC(N2CCCC(C#N)C2)CC1. The fourth-order valence-corrected chi connectivity index (χ4v) is 3.36. The highest BCUT2D eigenvalue weighted by Gasteiger charge is 2.28. The Bertz CT molecular complexity index is 248. The molecule has 2 nitrogen and oxygen atoms in total. The largest absolute Gasteiger partial charge is 0.299 e. The molecule has 1 aliphatic heterocycles. The molecule has 0 spiro atoms. The van der Waals surface area contributed by atoms with Gasteiger partial charge in [0.05, 0.1) is 12.0 Å². The average Bonchev–Trinajstić information content (AvgIpc) is 2.39. The first kappa shape index (κ1) is 11.9. The van der Waals surface area contributed by atoms with E-state index in [1.165, 1.54) is 45.1 Å². The molecule has 2 rings (SSSR count). The first-order chi connectivity index (χ1) is 7.83. The van der Waals surface area contributed by atoms with Crippen molar-refractivity contribution in [2.75, 3.05) is 13.1 Å². The van der Waals surface area contributed by atoms with E-state index in [0.29, 0.717) is 5.92 Å². The maximum atomic E-state index is 9.01. The summed E-state index contributed by atoms with van der Waals surface area (Å²) in [7, 11) is 0. The van der Waals surface area contributed by atoms with Gasteiger partial charge >= 0.3 is 0 Å². The van der Waals surface area contributed by atoms with Crippen molar-refractivity contribution in [3.63, 3.8) is 0 Å². The Labute approximate surface area is 99.6 Å². The van der Waals surface area contributed by atoms with Gasteiger partial charge in [0.25, 0.3) is 0 Å². The van der Waals surface area contributed by atoms with Crippen LogP contribution < -0.4 is 0 Å². The van der Waals surface area contributed by atoms with Gasteiger partial charge in [0.15, 0.2) is 0 Å². The smallest absolute Gasteiger partial charge is 0.0669 e. The topological polar surface area (TPSA) is 27.0 Å². The fraction of sp³-hybridized carbons (Fsp3) is 0.929. The van der Waals surface area contributed by atoms with E-state index in [2.05, 4.69) is 17.9 Å². The monoisotopic (exact) mass is 220 g/mol. The molecule has 0 aromatic rings. The summed E-state index contributed by atoms with van der Waals surface area (Å²) >= 11 is 0. The second-order valence-corrected chi connectivity index (χ2v) is 5.55. The lowest BCUT2D eigenvalue weighted by molar-refractivity contribution is 0.0991. The Balaban J connectivity index is 1.82. The lowest BCUT2D eigenvalue weighted by atomic mass is 9.83. The molecule has 90 valence electrons. The van der Waals surface area contributed by atoms with Gasteiger partial charge in [-0.3, -0.25) is 4.90 Å². The number of hydrogen-bond acceptors (Lipinski definition) is 2. The van der Waals surface area contributed by atoms with Crippen molar-refractivity contribution in [1.29, 1.82) is 5.26 Å². The fourth-order valence-electron chi connectivity index (χ4n) is 3.36. The van der Waals surface area contributed by atoms with E-state index in [0.717, 1.165) is 24.9 Å². The first-order valence-electron chi connectivity index (χ1n) is 6.97. The molecule has 0 aromatic carbocycles. The third kappa shape index (κ3) is 2.77. The van der Waals surface area contributed by atoms with Crippen LogP contribution in [0.4, 0.5) is 0 Å². The van der Waals surface area contributed by atoms with E-state index in [1.54, 1.807) is 0 Å². The Hall–Kier alpha value is -0.550. The molecule has 0 aromatic heterocycles. The van der Waals surface area contributed by atoms with Crippen LogP contribution in [0.25, 0.3) is 0 Å². The summed E-state index contributed by atoms with van der Waals surface area (Å²) in [5, 5.41) is 9.01. The van der Waals surface area contributed by atoms with Gasteiger partial charge < -0.3 is 0 Å². The maximum absolute atomic E-state index is 9.01. The van der Waals surface area contributed by atoms with Crippen LogP contribution in [0, 0.1) is 23.2 Å². The zero-order valence-corrected chi connectivity index (χ0v) is 10.5. The van der Waals surface area contributed by atoms with E-state index in [-0.39, 0.29) is 0 Å². The second-order valence-electron chi connectivity index (χ2n) is 5.55. The van der Waals surface area contributed by atoms with Crippen LogP contribution in [-0.4, -0.2) is 24.0 Å². The molecule has 2 fully saturated rings. The maximum Gasteiger partial charge on any atom is 0.0669 e.